The van der Waals surface area contributed by atoms with Crippen molar-refractivity contribution in [1.29, 1.82) is 0 Å². The molecule has 0 heterocycles. The minimum atomic E-state index is -1.57. The maximum Gasteiger partial charge on any atom is 0.335 e. The molecule has 14 heavy (non-hydrogen) atoms. The molecule has 84 valence electrons. The molecule has 0 saturated carbocycles. The quantitative estimate of drug-likeness (QED) is 0.623. The normalized spacial score (nSPS) is 17.4. The number of rotatable bonds is 7. The highest BCUT2D eigenvalue weighted by atomic mass is 16.4. The fourth-order valence-electron chi connectivity index (χ4n) is 1.70. The predicted molar refractivity (Wildman–Crippen MR) is 56.2 cm³/mol. The van der Waals surface area contributed by atoms with E-state index in [0.717, 1.165) is 25.7 Å². The van der Waals surface area contributed by atoms with Gasteiger partial charge in [-0.05, 0) is 25.7 Å². The fourth-order valence-corrected chi connectivity index (χ4v) is 1.70. The smallest absolute Gasteiger partial charge is 0.335 e. The van der Waals surface area contributed by atoms with Gasteiger partial charge in [0.15, 0.2) is 5.60 Å². The van der Waals surface area contributed by atoms with Gasteiger partial charge in [-0.2, -0.15) is 0 Å². The molecule has 2 unspecified atom stereocenters. The molecular formula is C11H22O3. The number of carbonyl (C=O) groups is 1. The van der Waals surface area contributed by atoms with Crippen LogP contribution in [-0.2, 0) is 4.79 Å². The standard InChI is InChI=1S/C11H22O3/c1-4-6-7-8-9(5-2)11(3,14)10(12)13/h9,14H,4-8H2,1-3H3,(H,12,13). The van der Waals surface area contributed by atoms with Crippen LogP contribution in [0.3, 0.4) is 0 Å². The largest absolute Gasteiger partial charge is 0.479 e. The zero-order chi connectivity index (χ0) is 11.2. The molecule has 0 amide bonds. The van der Waals surface area contributed by atoms with Gasteiger partial charge in [-0.15, -0.1) is 0 Å². The number of aliphatic hydroxyl groups is 1. The van der Waals surface area contributed by atoms with Crippen LogP contribution in [0.1, 0.15) is 52.9 Å². The summed E-state index contributed by atoms with van der Waals surface area (Å²) in [6.07, 6.45) is 4.73. The van der Waals surface area contributed by atoms with E-state index in [1.54, 1.807) is 0 Å². The third kappa shape index (κ3) is 3.66. The van der Waals surface area contributed by atoms with E-state index in [1.165, 1.54) is 6.92 Å². The molecule has 0 aromatic carbocycles. The van der Waals surface area contributed by atoms with E-state index in [1.807, 2.05) is 6.92 Å². The third-order valence-electron chi connectivity index (χ3n) is 2.88. The van der Waals surface area contributed by atoms with Gasteiger partial charge in [0.25, 0.3) is 0 Å². The molecule has 3 heteroatoms. The van der Waals surface area contributed by atoms with Gasteiger partial charge in [0, 0.05) is 0 Å². The maximum absolute atomic E-state index is 10.8. The number of hydrogen-bond donors (Lipinski definition) is 2. The lowest BCUT2D eigenvalue weighted by Crippen LogP contribution is -2.42. The molecule has 0 aliphatic carbocycles. The molecule has 0 aromatic heterocycles. The summed E-state index contributed by atoms with van der Waals surface area (Å²) in [4.78, 5) is 10.8. The predicted octanol–water partition coefficient (Wildman–Crippen LogP) is 2.43. The number of aliphatic carboxylic acids is 1. The van der Waals surface area contributed by atoms with Crippen LogP contribution in [0.2, 0.25) is 0 Å². The Bertz CT molecular complexity index is 175. The molecule has 0 aromatic rings. The Kier molecular flexibility index (Phi) is 5.77. The molecule has 0 saturated heterocycles. The van der Waals surface area contributed by atoms with Gasteiger partial charge in [-0.1, -0.05) is 33.1 Å². The van der Waals surface area contributed by atoms with Crippen LogP contribution in [0.4, 0.5) is 0 Å². The zero-order valence-electron chi connectivity index (χ0n) is 9.42. The Labute approximate surface area is 86.1 Å². The summed E-state index contributed by atoms with van der Waals surface area (Å²) in [5.41, 5.74) is -1.57. The molecule has 3 nitrogen and oxygen atoms in total. The topological polar surface area (TPSA) is 57.5 Å². The van der Waals surface area contributed by atoms with E-state index >= 15 is 0 Å². The van der Waals surface area contributed by atoms with Crippen molar-refractivity contribution < 1.29 is 15.0 Å². The van der Waals surface area contributed by atoms with Crippen molar-refractivity contribution in [3.8, 4) is 0 Å². The fraction of sp³-hybridized carbons (Fsp3) is 0.909. The minimum Gasteiger partial charge on any atom is -0.479 e. The Hall–Kier alpha value is -0.570. The van der Waals surface area contributed by atoms with Crippen molar-refractivity contribution in [2.45, 2.75) is 58.5 Å². The van der Waals surface area contributed by atoms with Crippen molar-refractivity contribution >= 4 is 5.97 Å². The summed E-state index contributed by atoms with van der Waals surface area (Å²) >= 11 is 0. The van der Waals surface area contributed by atoms with Gasteiger partial charge in [-0.25, -0.2) is 4.79 Å². The molecule has 0 bridgehead atoms. The SMILES string of the molecule is CCCCCC(CC)C(C)(O)C(=O)O. The molecule has 0 aliphatic rings. The van der Waals surface area contributed by atoms with Crippen LogP contribution >= 0.6 is 0 Å². The lowest BCUT2D eigenvalue weighted by molar-refractivity contribution is -0.163. The van der Waals surface area contributed by atoms with Crippen LogP contribution in [0.5, 0.6) is 0 Å². The molecule has 0 aliphatic heterocycles. The van der Waals surface area contributed by atoms with Gasteiger partial charge in [0.05, 0.1) is 0 Å². The minimum absolute atomic E-state index is 0.133. The van der Waals surface area contributed by atoms with Crippen molar-refractivity contribution in [3.05, 3.63) is 0 Å². The molecule has 2 atom stereocenters. The first-order valence-corrected chi connectivity index (χ1v) is 5.42. The first kappa shape index (κ1) is 13.4. The van der Waals surface area contributed by atoms with Crippen LogP contribution in [0, 0.1) is 5.92 Å². The van der Waals surface area contributed by atoms with Gasteiger partial charge >= 0.3 is 5.97 Å². The average Bonchev–Trinajstić information content (AvgIpc) is 2.12. The molecule has 0 radical (unpaired) electrons. The number of carboxylic acid groups (broad SMARTS) is 1. The molecule has 2 N–H and O–H groups in total. The Morgan fingerprint density at radius 1 is 1.36 bits per heavy atom. The van der Waals surface area contributed by atoms with E-state index in [2.05, 4.69) is 6.92 Å². The van der Waals surface area contributed by atoms with Crippen LogP contribution in [-0.4, -0.2) is 21.8 Å². The Morgan fingerprint density at radius 2 is 1.93 bits per heavy atom. The second-order valence-electron chi connectivity index (χ2n) is 4.05. The van der Waals surface area contributed by atoms with Gasteiger partial charge in [0.2, 0.25) is 0 Å². The number of carboxylic acids is 1. The molecule has 0 spiro atoms. The maximum atomic E-state index is 10.8. The monoisotopic (exact) mass is 202 g/mol. The van der Waals surface area contributed by atoms with Gasteiger partial charge in [-0.3, -0.25) is 0 Å². The van der Waals surface area contributed by atoms with E-state index in [4.69, 9.17) is 5.11 Å². The highest BCUT2D eigenvalue weighted by Gasteiger charge is 2.37. The molecular weight excluding hydrogens is 180 g/mol. The van der Waals surface area contributed by atoms with Crippen LogP contribution in [0.15, 0.2) is 0 Å². The lowest BCUT2D eigenvalue weighted by atomic mass is 9.83. The lowest BCUT2D eigenvalue weighted by Gasteiger charge is -2.28. The van der Waals surface area contributed by atoms with E-state index in [-0.39, 0.29) is 5.92 Å². The van der Waals surface area contributed by atoms with Crippen molar-refractivity contribution in [2.24, 2.45) is 5.92 Å². The second kappa shape index (κ2) is 6.02. The van der Waals surface area contributed by atoms with Crippen molar-refractivity contribution in [3.63, 3.8) is 0 Å². The van der Waals surface area contributed by atoms with E-state index in [0.29, 0.717) is 6.42 Å². The van der Waals surface area contributed by atoms with E-state index in [9.17, 15) is 9.90 Å². The summed E-state index contributed by atoms with van der Waals surface area (Å²) in [6, 6.07) is 0. The zero-order valence-corrected chi connectivity index (χ0v) is 9.42. The first-order chi connectivity index (χ1) is 6.46. The first-order valence-electron chi connectivity index (χ1n) is 5.42. The Balaban J connectivity index is 4.18. The van der Waals surface area contributed by atoms with Gasteiger partial charge < -0.3 is 10.2 Å². The summed E-state index contributed by atoms with van der Waals surface area (Å²) in [5, 5.41) is 18.6. The molecule has 0 rings (SSSR count). The van der Waals surface area contributed by atoms with Crippen LogP contribution < -0.4 is 0 Å². The number of unbranched alkanes of at least 4 members (excludes halogenated alkanes) is 2. The van der Waals surface area contributed by atoms with Crippen molar-refractivity contribution in [1.82, 2.24) is 0 Å². The van der Waals surface area contributed by atoms with E-state index < -0.39 is 11.6 Å². The summed E-state index contributed by atoms with van der Waals surface area (Å²) in [5.74, 6) is -1.24. The average molecular weight is 202 g/mol. The Morgan fingerprint density at radius 3 is 2.29 bits per heavy atom. The van der Waals surface area contributed by atoms with Crippen molar-refractivity contribution in [2.75, 3.05) is 0 Å². The highest BCUT2D eigenvalue weighted by molar-refractivity contribution is 5.76. The summed E-state index contributed by atoms with van der Waals surface area (Å²) in [6.45, 7) is 5.43. The highest BCUT2D eigenvalue weighted by Crippen LogP contribution is 2.26. The molecule has 0 fully saturated rings. The number of hydrogen-bond acceptors (Lipinski definition) is 2. The van der Waals surface area contributed by atoms with Crippen LogP contribution in [0.25, 0.3) is 0 Å². The summed E-state index contributed by atoms with van der Waals surface area (Å²) < 4.78 is 0. The summed E-state index contributed by atoms with van der Waals surface area (Å²) in [7, 11) is 0. The third-order valence-corrected chi connectivity index (χ3v) is 2.88. The second-order valence-corrected chi connectivity index (χ2v) is 4.05. The van der Waals surface area contributed by atoms with Gasteiger partial charge in [0.1, 0.15) is 0 Å².